The van der Waals surface area contributed by atoms with Gasteiger partial charge in [-0.1, -0.05) is 13.8 Å². The first-order valence-electron chi connectivity index (χ1n) is 5.55. The Kier molecular flexibility index (Phi) is 4.53. The van der Waals surface area contributed by atoms with Gasteiger partial charge in [-0.25, -0.2) is 0 Å². The van der Waals surface area contributed by atoms with E-state index >= 15 is 0 Å². The molecule has 16 heavy (non-hydrogen) atoms. The number of nitrogens with zero attached hydrogens (tertiary/aromatic N) is 2. The third-order valence-corrected chi connectivity index (χ3v) is 3.29. The zero-order chi connectivity index (χ0) is 12.3. The van der Waals surface area contributed by atoms with E-state index in [-0.39, 0.29) is 0 Å². The molecule has 0 fully saturated rings. The lowest BCUT2D eigenvalue weighted by Crippen LogP contribution is -2.20. The summed E-state index contributed by atoms with van der Waals surface area (Å²) in [5.74, 6) is 2.35. The zero-order valence-corrected chi connectivity index (χ0v) is 11.6. The van der Waals surface area contributed by atoms with E-state index in [1.807, 2.05) is 23.5 Å². The molecule has 3 N–H and O–H groups in total. The van der Waals surface area contributed by atoms with Crippen molar-refractivity contribution >= 4 is 23.3 Å². The van der Waals surface area contributed by atoms with Crippen molar-refractivity contribution in [3.8, 4) is 0 Å². The van der Waals surface area contributed by atoms with E-state index in [4.69, 9.17) is 5.73 Å². The van der Waals surface area contributed by atoms with E-state index in [0.29, 0.717) is 12.0 Å². The Hall–Kier alpha value is -0.840. The van der Waals surface area contributed by atoms with Crippen molar-refractivity contribution in [1.82, 2.24) is 9.78 Å². The molecule has 0 bridgehead atoms. The Morgan fingerprint density at radius 2 is 2.06 bits per heavy atom. The summed E-state index contributed by atoms with van der Waals surface area (Å²) in [6.07, 6.45) is 2.10. The SMILES string of the molecule is CSCC(C)Nc1c(N)c(C(C)C)nn1C. The smallest absolute Gasteiger partial charge is 0.148 e. The molecule has 0 saturated heterocycles. The largest absolute Gasteiger partial charge is 0.394 e. The predicted octanol–water partition coefficient (Wildman–Crippen LogP) is 2.29. The summed E-state index contributed by atoms with van der Waals surface area (Å²) < 4.78 is 1.83. The number of anilines is 2. The van der Waals surface area contributed by atoms with Crippen LogP contribution in [-0.2, 0) is 7.05 Å². The Balaban J connectivity index is 2.88. The number of hydrogen-bond donors (Lipinski definition) is 2. The molecule has 1 unspecified atom stereocenters. The van der Waals surface area contributed by atoms with Gasteiger partial charge in [-0.3, -0.25) is 4.68 Å². The molecule has 92 valence electrons. The molecule has 0 aliphatic carbocycles. The first-order chi connectivity index (χ1) is 7.47. The molecule has 0 saturated carbocycles. The van der Waals surface area contributed by atoms with Gasteiger partial charge in [-0.2, -0.15) is 16.9 Å². The number of nitrogens with one attached hydrogen (secondary N) is 1. The molecular formula is C11H22N4S. The molecule has 1 aromatic rings. The van der Waals surface area contributed by atoms with Crippen molar-refractivity contribution in [2.45, 2.75) is 32.7 Å². The second-order valence-electron chi connectivity index (χ2n) is 4.43. The van der Waals surface area contributed by atoms with Crippen LogP contribution in [0, 0.1) is 0 Å². The Morgan fingerprint density at radius 3 is 2.50 bits per heavy atom. The maximum atomic E-state index is 6.10. The molecule has 1 atom stereocenters. The van der Waals surface area contributed by atoms with Crippen LogP contribution in [0.4, 0.5) is 11.5 Å². The van der Waals surface area contributed by atoms with Gasteiger partial charge in [0.25, 0.3) is 0 Å². The summed E-state index contributed by atoms with van der Waals surface area (Å²) in [7, 11) is 1.93. The normalized spacial score (nSPS) is 13.1. The summed E-state index contributed by atoms with van der Waals surface area (Å²) in [6, 6.07) is 0.396. The van der Waals surface area contributed by atoms with Gasteiger partial charge in [0.1, 0.15) is 5.82 Å². The Labute approximate surface area is 102 Å². The topological polar surface area (TPSA) is 55.9 Å². The van der Waals surface area contributed by atoms with Gasteiger partial charge in [0.15, 0.2) is 0 Å². The number of hydrogen-bond acceptors (Lipinski definition) is 4. The second-order valence-corrected chi connectivity index (χ2v) is 5.34. The van der Waals surface area contributed by atoms with Crippen LogP contribution in [0.5, 0.6) is 0 Å². The highest BCUT2D eigenvalue weighted by molar-refractivity contribution is 7.98. The lowest BCUT2D eigenvalue weighted by Gasteiger charge is -2.14. The van der Waals surface area contributed by atoms with Gasteiger partial charge in [0, 0.05) is 18.8 Å². The molecular weight excluding hydrogens is 220 g/mol. The summed E-state index contributed by atoms with van der Waals surface area (Å²) >= 11 is 1.82. The van der Waals surface area contributed by atoms with Crippen molar-refractivity contribution < 1.29 is 0 Å². The van der Waals surface area contributed by atoms with Gasteiger partial charge < -0.3 is 11.1 Å². The van der Waals surface area contributed by atoms with Crippen LogP contribution in [0.15, 0.2) is 0 Å². The summed E-state index contributed by atoms with van der Waals surface area (Å²) in [4.78, 5) is 0. The van der Waals surface area contributed by atoms with Gasteiger partial charge in [0.05, 0.1) is 11.4 Å². The van der Waals surface area contributed by atoms with Crippen molar-refractivity contribution in [3.63, 3.8) is 0 Å². The number of aryl methyl sites for hydroxylation is 1. The van der Waals surface area contributed by atoms with Crippen LogP contribution in [0.2, 0.25) is 0 Å². The van der Waals surface area contributed by atoms with Crippen LogP contribution >= 0.6 is 11.8 Å². The number of aromatic nitrogens is 2. The maximum Gasteiger partial charge on any atom is 0.148 e. The lowest BCUT2D eigenvalue weighted by atomic mass is 10.1. The third kappa shape index (κ3) is 2.84. The summed E-state index contributed by atoms with van der Waals surface area (Å²) in [5, 5.41) is 7.85. The Bertz CT molecular complexity index is 346. The van der Waals surface area contributed by atoms with E-state index in [1.54, 1.807) is 0 Å². The highest BCUT2D eigenvalue weighted by Crippen LogP contribution is 2.28. The first kappa shape index (κ1) is 13.2. The molecule has 5 heteroatoms. The average Bonchev–Trinajstić information content (AvgIpc) is 2.46. The molecule has 1 heterocycles. The predicted molar refractivity (Wildman–Crippen MR) is 73.2 cm³/mol. The molecule has 0 aliphatic heterocycles. The fourth-order valence-electron chi connectivity index (χ4n) is 1.68. The molecule has 1 aromatic heterocycles. The highest BCUT2D eigenvalue weighted by Gasteiger charge is 2.16. The van der Waals surface area contributed by atoms with Crippen molar-refractivity contribution in [2.75, 3.05) is 23.1 Å². The lowest BCUT2D eigenvalue weighted by molar-refractivity contribution is 0.710. The van der Waals surface area contributed by atoms with E-state index in [0.717, 1.165) is 23.0 Å². The zero-order valence-electron chi connectivity index (χ0n) is 10.7. The van der Waals surface area contributed by atoms with Crippen LogP contribution < -0.4 is 11.1 Å². The highest BCUT2D eigenvalue weighted by atomic mass is 32.2. The fourth-order valence-corrected chi connectivity index (χ4v) is 2.27. The number of nitrogen functional groups attached to an aromatic ring is 1. The average molecular weight is 242 g/mol. The molecule has 0 aromatic carbocycles. The molecule has 0 radical (unpaired) electrons. The van der Waals surface area contributed by atoms with Gasteiger partial charge in [0.2, 0.25) is 0 Å². The standard InChI is InChI=1S/C11H22N4S/c1-7(2)10-9(12)11(15(4)14-10)13-8(3)6-16-5/h7-8,13H,6,12H2,1-5H3. The van der Waals surface area contributed by atoms with E-state index in [2.05, 4.69) is 37.4 Å². The van der Waals surface area contributed by atoms with Crippen molar-refractivity contribution in [1.29, 1.82) is 0 Å². The molecule has 0 spiro atoms. The Morgan fingerprint density at radius 1 is 1.44 bits per heavy atom. The van der Waals surface area contributed by atoms with Gasteiger partial charge in [-0.15, -0.1) is 0 Å². The third-order valence-electron chi connectivity index (χ3n) is 2.46. The number of rotatable bonds is 5. The molecule has 1 rings (SSSR count). The maximum absolute atomic E-state index is 6.10. The minimum Gasteiger partial charge on any atom is -0.394 e. The van der Waals surface area contributed by atoms with Gasteiger partial charge in [-0.05, 0) is 19.1 Å². The van der Waals surface area contributed by atoms with E-state index < -0.39 is 0 Å². The minimum atomic E-state index is 0.359. The first-order valence-corrected chi connectivity index (χ1v) is 6.94. The summed E-state index contributed by atoms with van der Waals surface area (Å²) in [6.45, 7) is 6.36. The van der Waals surface area contributed by atoms with Gasteiger partial charge >= 0.3 is 0 Å². The number of thioether (sulfide) groups is 1. The van der Waals surface area contributed by atoms with Crippen molar-refractivity contribution in [3.05, 3.63) is 5.69 Å². The van der Waals surface area contributed by atoms with Crippen LogP contribution in [-0.4, -0.2) is 27.8 Å². The molecule has 4 nitrogen and oxygen atoms in total. The van der Waals surface area contributed by atoms with E-state index in [1.165, 1.54) is 0 Å². The quantitative estimate of drug-likeness (QED) is 0.832. The molecule has 0 aliphatic rings. The second kappa shape index (κ2) is 5.48. The van der Waals surface area contributed by atoms with E-state index in [9.17, 15) is 0 Å². The van der Waals surface area contributed by atoms with Crippen LogP contribution in [0.1, 0.15) is 32.4 Å². The minimum absolute atomic E-state index is 0.359. The van der Waals surface area contributed by atoms with Crippen molar-refractivity contribution in [2.24, 2.45) is 7.05 Å². The van der Waals surface area contributed by atoms with Crippen LogP contribution in [0.25, 0.3) is 0 Å². The number of nitrogens with two attached hydrogens (primary N) is 1. The summed E-state index contributed by atoms with van der Waals surface area (Å²) in [5.41, 5.74) is 7.85. The monoisotopic (exact) mass is 242 g/mol. The molecule has 0 amide bonds. The fraction of sp³-hybridized carbons (Fsp3) is 0.727. The van der Waals surface area contributed by atoms with Crippen LogP contribution in [0.3, 0.4) is 0 Å².